The van der Waals surface area contributed by atoms with Gasteiger partial charge in [-0.1, -0.05) is 13.8 Å². The quantitative estimate of drug-likeness (QED) is 0.196. The summed E-state index contributed by atoms with van der Waals surface area (Å²) in [4.78, 5) is 52.4. The summed E-state index contributed by atoms with van der Waals surface area (Å²) in [6.45, 7) is 23.2. The Kier molecular flexibility index (Phi) is 13.5. The first-order chi connectivity index (χ1) is 19.8. The molecule has 1 rings (SSSR count). The second-order valence-corrected chi connectivity index (χ2v) is 15.6. The molecule has 0 bridgehead atoms. The van der Waals surface area contributed by atoms with Gasteiger partial charge in [-0.05, 0) is 95.6 Å². The lowest BCUT2D eigenvalue weighted by Crippen LogP contribution is -2.64. The van der Waals surface area contributed by atoms with Gasteiger partial charge in [-0.25, -0.2) is 0 Å². The van der Waals surface area contributed by atoms with E-state index in [0.717, 1.165) is 0 Å². The monoisotopic (exact) mass is 628 g/mol. The van der Waals surface area contributed by atoms with Crippen molar-refractivity contribution < 1.29 is 52.7 Å². The second kappa shape index (κ2) is 15.1. The van der Waals surface area contributed by atoms with E-state index in [1.165, 1.54) is 6.26 Å². The van der Waals surface area contributed by atoms with Crippen LogP contribution in [0, 0.1) is 27.6 Å². The van der Waals surface area contributed by atoms with Crippen molar-refractivity contribution in [1.82, 2.24) is 0 Å². The molecule has 11 nitrogen and oxygen atoms in total. The van der Waals surface area contributed by atoms with E-state index in [4.69, 9.17) is 28.4 Å². The maximum Gasteiger partial charge on any atom is 0.311 e. The number of hydrogen-bond acceptors (Lipinski definition) is 11. The largest absolute Gasteiger partial charge is 0.469 e. The standard InChI is InChI=1S/C33H56O11/c1-15-20(34)19(2)16-17-39-25-24(44-29(38)33(12,13)14)23(43-28(37)32(9,10)11)22(42-27(36)31(6,7)8)21(41-25)18-40-26(35)30(3,4)5/h16-17,19-25,34H,15,18H2,1-14H3/b17-16+/t19-,20+,21+,22+,23-,24+,25-/m0/s1. The van der Waals surface area contributed by atoms with Crippen LogP contribution in [0.3, 0.4) is 0 Å². The van der Waals surface area contributed by atoms with Gasteiger partial charge >= 0.3 is 23.9 Å². The molecule has 1 saturated heterocycles. The molecule has 254 valence electrons. The number of aliphatic hydroxyl groups excluding tert-OH is 1. The Hall–Kier alpha value is -2.66. The average Bonchev–Trinajstić information content (AvgIpc) is 2.87. The van der Waals surface area contributed by atoms with Gasteiger partial charge < -0.3 is 33.5 Å². The number of esters is 4. The minimum absolute atomic E-state index is 0.280. The molecule has 0 radical (unpaired) electrons. The molecular weight excluding hydrogens is 572 g/mol. The number of carbonyl (C=O) groups is 4. The number of aliphatic hydroxyl groups is 1. The molecule has 0 amide bonds. The van der Waals surface area contributed by atoms with Crippen LogP contribution >= 0.6 is 0 Å². The fourth-order valence-electron chi connectivity index (χ4n) is 3.55. The molecule has 1 fully saturated rings. The predicted molar refractivity (Wildman–Crippen MR) is 163 cm³/mol. The fourth-order valence-corrected chi connectivity index (χ4v) is 3.55. The smallest absolute Gasteiger partial charge is 0.311 e. The summed E-state index contributed by atoms with van der Waals surface area (Å²) in [6.07, 6.45) is -3.85. The molecule has 44 heavy (non-hydrogen) atoms. The topological polar surface area (TPSA) is 144 Å². The second-order valence-electron chi connectivity index (χ2n) is 15.6. The first-order valence-corrected chi connectivity index (χ1v) is 15.3. The summed E-state index contributed by atoms with van der Waals surface area (Å²) in [6, 6.07) is 0. The van der Waals surface area contributed by atoms with Gasteiger partial charge in [0.25, 0.3) is 0 Å². The first-order valence-electron chi connectivity index (χ1n) is 15.3. The SMILES string of the molecule is CC[C@@H](O)[C@@H](C)/C=C/O[C@H]1O[C@H](COC(=O)C(C)(C)C)[C@@H](OC(=O)C(C)(C)C)[C@H](OC(=O)C(C)(C)C)[C@H]1OC(=O)C(C)(C)C. The summed E-state index contributed by atoms with van der Waals surface area (Å²) >= 11 is 0. The molecule has 0 spiro atoms. The van der Waals surface area contributed by atoms with Gasteiger partial charge in [0.2, 0.25) is 12.4 Å². The van der Waals surface area contributed by atoms with Crippen molar-refractivity contribution in [2.24, 2.45) is 27.6 Å². The van der Waals surface area contributed by atoms with Gasteiger partial charge in [0, 0.05) is 5.92 Å². The Morgan fingerprint density at radius 2 is 1.11 bits per heavy atom. The Morgan fingerprint density at radius 1 is 0.705 bits per heavy atom. The van der Waals surface area contributed by atoms with E-state index in [1.807, 2.05) is 6.92 Å². The van der Waals surface area contributed by atoms with Crippen LogP contribution in [-0.2, 0) is 47.6 Å². The third-order valence-corrected chi connectivity index (χ3v) is 6.77. The van der Waals surface area contributed by atoms with Crippen molar-refractivity contribution in [1.29, 1.82) is 0 Å². The highest BCUT2D eigenvalue weighted by Crippen LogP contribution is 2.34. The maximum atomic E-state index is 13.3. The number of carbonyl (C=O) groups excluding carboxylic acids is 4. The van der Waals surface area contributed by atoms with Crippen molar-refractivity contribution >= 4 is 23.9 Å². The third-order valence-electron chi connectivity index (χ3n) is 6.77. The van der Waals surface area contributed by atoms with Crippen molar-refractivity contribution in [3.8, 4) is 0 Å². The van der Waals surface area contributed by atoms with Crippen LogP contribution in [0.5, 0.6) is 0 Å². The first kappa shape index (κ1) is 39.4. The van der Waals surface area contributed by atoms with Crippen LogP contribution in [0.25, 0.3) is 0 Å². The van der Waals surface area contributed by atoms with E-state index < -0.39 is 82.3 Å². The molecule has 0 aromatic rings. The van der Waals surface area contributed by atoms with E-state index in [0.29, 0.717) is 6.42 Å². The van der Waals surface area contributed by atoms with Crippen LogP contribution in [0.15, 0.2) is 12.3 Å². The minimum Gasteiger partial charge on any atom is -0.469 e. The lowest BCUT2D eigenvalue weighted by Gasteiger charge is -2.45. The van der Waals surface area contributed by atoms with Crippen LogP contribution in [0.4, 0.5) is 0 Å². The molecule has 1 aliphatic heterocycles. The molecular formula is C33H56O11. The molecule has 1 aliphatic rings. The third kappa shape index (κ3) is 11.7. The number of rotatable bonds is 10. The summed E-state index contributed by atoms with van der Waals surface area (Å²) in [5.41, 5.74) is -3.75. The summed E-state index contributed by atoms with van der Waals surface area (Å²) < 4.78 is 35.5. The van der Waals surface area contributed by atoms with Gasteiger partial charge in [-0.15, -0.1) is 0 Å². The number of ether oxygens (including phenoxy) is 6. The molecule has 0 saturated carbocycles. The van der Waals surface area contributed by atoms with Gasteiger partial charge in [0.1, 0.15) is 12.7 Å². The molecule has 0 unspecified atom stereocenters. The fraction of sp³-hybridized carbons (Fsp3) is 0.818. The van der Waals surface area contributed by atoms with E-state index in [9.17, 15) is 24.3 Å². The lowest BCUT2D eigenvalue weighted by atomic mass is 9.93. The van der Waals surface area contributed by atoms with Crippen molar-refractivity contribution in [3.63, 3.8) is 0 Å². The normalized spacial score (nSPS) is 24.7. The van der Waals surface area contributed by atoms with Crippen LogP contribution in [0.1, 0.15) is 103 Å². The van der Waals surface area contributed by atoms with Crippen molar-refractivity contribution in [3.05, 3.63) is 12.3 Å². The Balaban J connectivity index is 3.76. The number of hydrogen-bond donors (Lipinski definition) is 1. The summed E-state index contributed by atoms with van der Waals surface area (Å²) in [5, 5.41) is 10.2. The van der Waals surface area contributed by atoms with Crippen LogP contribution < -0.4 is 0 Å². The van der Waals surface area contributed by atoms with E-state index in [-0.39, 0.29) is 12.5 Å². The van der Waals surface area contributed by atoms with E-state index in [1.54, 1.807) is 96.1 Å². The Labute approximate surface area is 263 Å². The molecule has 0 aromatic heterocycles. The Bertz CT molecular complexity index is 1020. The predicted octanol–water partition coefficient (Wildman–Crippen LogP) is 5.11. The maximum absolute atomic E-state index is 13.3. The highest BCUT2D eigenvalue weighted by molar-refractivity contribution is 5.78. The van der Waals surface area contributed by atoms with Crippen LogP contribution in [0.2, 0.25) is 0 Å². The minimum atomic E-state index is -1.40. The van der Waals surface area contributed by atoms with E-state index in [2.05, 4.69) is 0 Å². The Morgan fingerprint density at radius 3 is 1.52 bits per heavy atom. The van der Waals surface area contributed by atoms with Crippen LogP contribution in [-0.4, -0.2) is 72.4 Å². The lowest BCUT2D eigenvalue weighted by molar-refractivity contribution is -0.301. The molecule has 1 N–H and O–H groups in total. The molecule has 1 heterocycles. The zero-order valence-electron chi connectivity index (χ0n) is 29.1. The van der Waals surface area contributed by atoms with Gasteiger partial charge in [0.05, 0.1) is 34.0 Å². The van der Waals surface area contributed by atoms with Gasteiger partial charge in [-0.2, -0.15) is 0 Å². The van der Waals surface area contributed by atoms with Gasteiger partial charge in [-0.3, -0.25) is 19.2 Å². The molecule has 0 aromatic carbocycles. The summed E-state index contributed by atoms with van der Waals surface area (Å²) in [5.74, 6) is -2.76. The highest BCUT2D eigenvalue weighted by atomic mass is 16.7. The zero-order valence-corrected chi connectivity index (χ0v) is 29.1. The van der Waals surface area contributed by atoms with Gasteiger partial charge in [0.15, 0.2) is 12.2 Å². The van der Waals surface area contributed by atoms with Crippen molar-refractivity contribution in [2.45, 2.75) is 140 Å². The van der Waals surface area contributed by atoms with E-state index >= 15 is 0 Å². The molecule has 7 atom stereocenters. The highest BCUT2D eigenvalue weighted by Gasteiger charge is 2.55. The zero-order chi connectivity index (χ0) is 34.4. The summed E-state index contributed by atoms with van der Waals surface area (Å²) in [7, 11) is 0. The molecule has 11 heteroatoms. The molecule has 0 aliphatic carbocycles. The average molecular weight is 629 g/mol. The van der Waals surface area contributed by atoms with Crippen molar-refractivity contribution in [2.75, 3.05) is 6.61 Å².